The Hall–Kier alpha value is -2.84. The zero-order valence-electron chi connectivity index (χ0n) is 16.3. The lowest BCUT2D eigenvalue weighted by molar-refractivity contribution is 0.639. The van der Waals surface area contributed by atoms with Crippen LogP contribution in [-0.4, -0.2) is 34.7 Å². The second kappa shape index (κ2) is 8.12. The van der Waals surface area contributed by atoms with E-state index in [0.29, 0.717) is 21.7 Å². The van der Waals surface area contributed by atoms with Crippen molar-refractivity contribution < 1.29 is 0 Å². The predicted molar refractivity (Wildman–Crippen MR) is 115 cm³/mol. The van der Waals surface area contributed by atoms with Crippen molar-refractivity contribution in [3.63, 3.8) is 0 Å². The molecule has 150 valence electrons. The maximum absolute atomic E-state index is 6.11. The fraction of sp³-hybridized carbons (Fsp3) is 0.238. The lowest BCUT2D eigenvalue weighted by atomic mass is 9.97. The van der Waals surface area contributed by atoms with Gasteiger partial charge in [0.1, 0.15) is 16.5 Å². The highest BCUT2D eigenvalue weighted by molar-refractivity contribution is 7.99. The topological polar surface area (TPSA) is 82.3 Å². The van der Waals surface area contributed by atoms with E-state index in [0.717, 1.165) is 41.5 Å². The Kier molecular flexibility index (Phi) is 5.18. The van der Waals surface area contributed by atoms with Crippen LogP contribution in [0.1, 0.15) is 29.9 Å². The van der Waals surface area contributed by atoms with Crippen molar-refractivity contribution in [2.75, 3.05) is 0 Å². The van der Waals surface area contributed by atoms with Gasteiger partial charge in [-0.3, -0.25) is 9.55 Å². The van der Waals surface area contributed by atoms with E-state index in [4.69, 9.17) is 16.6 Å². The third-order valence-electron chi connectivity index (χ3n) is 4.96. The van der Waals surface area contributed by atoms with Crippen LogP contribution in [0.15, 0.2) is 53.0 Å². The Morgan fingerprint density at radius 1 is 1.00 bits per heavy atom. The molecule has 0 unspecified atom stereocenters. The molecule has 0 amide bonds. The Bertz CT molecular complexity index is 1190. The first kappa shape index (κ1) is 19.1. The van der Waals surface area contributed by atoms with E-state index in [2.05, 4.69) is 25.1 Å². The molecule has 30 heavy (non-hydrogen) atoms. The molecule has 0 N–H and O–H groups in total. The van der Waals surface area contributed by atoms with E-state index in [9.17, 15) is 0 Å². The van der Waals surface area contributed by atoms with Gasteiger partial charge in [0.05, 0.1) is 6.20 Å². The van der Waals surface area contributed by atoms with Gasteiger partial charge in [-0.2, -0.15) is 0 Å². The summed E-state index contributed by atoms with van der Waals surface area (Å²) in [5.41, 5.74) is 3.92. The number of aryl methyl sites for hydroxylation is 2. The molecular formula is C21H18ClN7S. The minimum absolute atomic E-state index is 0.618. The number of benzene rings is 1. The van der Waals surface area contributed by atoms with Gasteiger partial charge in [-0.25, -0.2) is 15.0 Å². The summed E-state index contributed by atoms with van der Waals surface area (Å²) in [6, 6.07) is 7.58. The minimum atomic E-state index is 0.618. The number of hydrogen-bond donors (Lipinski definition) is 0. The van der Waals surface area contributed by atoms with Gasteiger partial charge in [-0.05, 0) is 68.6 Å². The number of rotatable bonds is 4. The van der Waals surface area contributed by atoms with Gasteiger partial charge >= 0.3 is 0 Å². The zero-order chi connectivity index (χ0) is 20.5. The van der Waals surface area contributed by atoms with Gasteiger partial charge in [0.25, 0.3) is 0 Å². The van der Waals surface area contributed by atoms with Crippen LogP contribution >= 0.6 is 23.4 Å². The summed E-state index contributed by atoms with van der Waals surface area (Å²) in [4.78, 5) is 18.0. The maximum atomic E-state index is 6.11. The summed E-state index contributed by atoms with van der Waals surface area (Å²) in [6.07, 6.45) is 9.28. The summed E-state index contributed by atoms with van der Waals surface area (Å²) in [5, 5.41) is 11.2. The highest BCUT2D eigenvalue weighted by Gasteiger charge is 2.22. The van der Waals surface area contributed by atoms with Crippen LogP contribution in [0.2, 0.25) is 5.02 Å². The van der Waals surface area contributed by atoms with Crippen LogP contribution in [0.3, 0.4) is 0 Å². The largest absolute Gasteiger partial charge is 0.268 e. The van der Waals surface area contributed by atoms with E-state index in [1.165, 1.54) is 23.7 Å². The van der Waals surface area contributed by atoms with E-state index in [-0.39, 0.29) is 0 Å². The fourth-order valence-corrected chi connectivity index (χ4v) is 4.77. The number of nitrogens with zero attached hydrogens (tertiary/aromatic N) is 7. The first-order valence-corrected chi connectivity index (χ1v) is 10.9. The van der Waals surface area contributed by atoms with Crippen LogP contribution in [0.5, 0.6) is 0 Å². The minimum Gasteiger partial charge on any atom is -0.268 e. The summed E-state index contributed by atoms with van der Waals surface area (Å²) in [6.45, 7) is 1.94. The smallest absolute Gasteiger partial charge is 0.202 e. The van der Waals surface area contributed by atoms with Crippen molar-refractivity contribution in [1.29, 1.82) is 0 Å². The Labute approximate surface area is 183 Å². The highest BCUT2D eigenvalue weighted by Crippen LogP contribution is 2.35. The summed E-state index contributed by atoms with van der Waals surface area (Å²) in [5.74, 6) is 1.40. The molecule has 1 aliphatic rings. The van der Waals surface area contributed by atoms with Crippen LogP contribution < -0.4 is 0 Å². The summed E-state index contributed by atoms with van der Waals surface area (Å²) >= 11 is 7.63. The molecule has 0 saturated heterocycles. The van der Waals surface area contributed by atoms with Crippen molar-refractivity contribution in [3.05, 3.63) is 65.0 Å². The molecule has 7 nitrogen and oxygen atoms in total. The van der Waals surface area contributed by atoms with Crippen LogP contribution in [0.25, 0.3) is 17.2 Å². The lowest BCUT2D eigenvalue weighted by Crippen LogP contribution is -2.10. The monoisotopic (exact) mass is 435 g/mol. The SMILES string of the molecule is Cc1nc2c(c(Sc3nnc(-c4cnccn4)n3-c3ccc(Cl)cc3)n1)CCCC2. The van der Waals surface area contributed by atoms with Crippen LogP contribution in [0.4, 0.5) is 0 Å². The standard InChI is InChI=1S/C21H18ClN7S/c1-13-25-17-5-3-2-4-16(17)20(26-13)30-21-28-27-19(18-12-23-10-11-24-18)29(21)15-8-6-14(22)7-9-15/h6-12H,2-5H2,1H3. The van der Waals surface area contributed by atoms with Crippen molar-refractivity contribution in [1.82, 2.24) is 34.7 Å². The van der Waals surface area contributed by atoms with E-state index >= 15 is 0 Å². The fourth-order valence-electron chi connectivity index (χ4n) is 3.59. The van der Waals surface area contributed by atoms with Crippen molar-refractivity contribution >= 4 is 23.4 Å². The van der Waals surface area contributed by atoms with Crippen molar-refractivity contribution in [2.24, 2.45) is 0 Å². The average molecular weight is 436 g/mol. The Morgan fingerprint density at radius 3 is 2.63 bits per heavy atom. The highest BCUT2D eigenvalue weighted by atomic mass is 35.5. The molecule has 0 aliphatic heterocycles. The zero-order valence-corrected chi connectivity index (χ0v) is 17.9. The van der Waals surface area contributed by atoms with Crippen LogP contribution in [-0.2, 0) is 12.8 Å². The number of hydrogen-bond acceptors (Lipinski definition) is 7. The third-order valence-corrected chi connectivity index (χ3v) is 6.19. The molecule has 1 aromatic carbocycles. The number of aromatic nitrogens is 7. The van der Waals surface area contributed by atoms with Gasteiger partial charge in [-0.1, -0.05) is 11.6 Å². The quantitative estimate of drug-likeness (QED) is 0.436. The Balaban J connectivity index is 1.64. The molecule has 5 rings (SSSR count). The van der Waals surface area contributed by atoms with E-state index in [1.54, 1.807) is 18.6 Å². The van der Waals surface area contributed by atoms with Gasteiger partial charge in [-0.15, -0.1) is 10.2 Å². The molecule has 0 atom stereocenters. The molecule has 3 aromatic heterocycles. The molecule has 0 spiro atoms. The number of fused-ring (bicyclic) bond motifs is 1. The molecule has 0 saturated carbocycles. The molecular weight excluding hydrogens is 418 g/mol. The molecule has 4 aromatic rings. The average Bonchev–Trinajstić information content (AvgIpc) is 3.18. The van der Waals surface area contributed by atoms with Gasteiger partial charge in [0.2, 0.25) is 5.16 Å². The van der Waals surface area contributed by atoms with Gasteiger partial charge < -0.3 is 0 Å². The maximum Gasteiger partial charge on any atom is 0.202 e. The second-order valence-corrected chi connectivity index (χ2v) is 8.41. The Morgan fingerprint density at radius 2 is 1.83 bits per heavy atom. The second-order valence-electron chi connectivity index (χ2n) is 7.02. The van der Waals surface area contributed by atoms with Gasteiger partial charge in [0.15, 0.2) is 5.82 Å². The first-order chi connectivity index (χ1) is 14.7. The first-order valence-electron chi connectivity index (χ1n) is 9.71. The molecule has 0 fully saturated rings. The number of halogens is 1. The summed E-state index contributed by atoms with van der Waals surface area (Å²) < 4.78 is 1.97. The molecule has 9 heteroatoms. The normalized spacial score (nSPS) is 13.3. The third kappa shape index (κ3) is 3.68. The van der Waals surface area contributed by atoms with Gasteiger partial charge in [0, 0.05) is 34.4 Å². The summed E-state index contributed by atoms with van der Waals surface area (Å²) in [7, 11) is 0. The van der Waals surface area contributed by atoms with Crippen molar-refractivity contribution in [3.8, 4) is 17.2 Å². The molecule has 0 radical (unpaired) electrons. The molecule has 1 aliphatic carbocycles. The molecule has 3 heterocycles. The van der Waals surface area contributed by atoms with E-state index < -0.39 is 0 Å². The van der Waals surface area contributed by atoms with Crippen molar-refractivity contribution in [2.45, 2.75) is 42.8 Å². The predicted octanol–water partition coefficient (Wildman–Crippen LogP) is 4.51. The lowest BCUT2D eigenvalue weighted by Gasteiger charge is -2.18. The molecule has 0 bridgehead atoms. The van der Waals surface area contributed by atoms with E-state index in [1.807, 2.05) is 35.8 Å². The van der Waals surface area contributed by atoms with Crippen LogP contribution in [0, 0.1) is 6.92 Å².